The Kier molecular flexibility index (Phi) is 4.99. The highest BCUT2D eigenvalue weighted by Gasteiger charge is 2.31. The number of carbonyl (C=O) groups is 2. The molecule has 2 N–H and O–H groups in total. The number of aryl methyl sites for hydroxylation is 1. The lowest BCUT2D eigenvalue weighted by molar-refractivity contribution is -0.155. The van der Waals surface area contributed by atoms with Gasteiger partial charge in [-0.2, -0.15) is 5.10 Å². The van der Waals surface area contributed by atoms with Gasteiger partial charge in [-0.25, -0.2) is 0 Å². The van der Waals surface area contributed by atoms with E-state index in [1.807, 2.05) is 12.1 Å². The number of aromatic amines is 1. The first-order valence-corrected chi connectivity index (χ1v) is 8.63. The minimum absolute atomic E-state index is 0.355. The fourth-order valence-corrected chi connectivity index (χ4v) is 3.05. The van der Waals surface area contributed by atoms with Crippen molar-refractivity contribution in [1.82, 2.24) is 10.2 Å². The van der Waals surface area contributed by atoms with Gasteiger partial charge in [0.05, 0.1) is 17.8 Å². The summed E-state index contributed by atoms with van der Waals surface area (Å²) in [5.41, 5.74) is 2.52. The molecule has 1 aliphatic rings. The quantitative estimate of drug-likeness (QED) is 0.783. The molecule has 3 rings (SSSR count). The van der Waals surface area contributed by atoms with E-state index in [0.717, 1.165) is 28.6 Å². The van der Waals surface area contributed by atoms with Crippen LogP contribution in [0, 0.1) is 0 Å². The van der Waals surface area contributed by atoms with Gasteiger partial charge in [-0.3, -0.25) is 14.7 Å². The number of hydrogen-bond acceptors (Lipinski definition) is 4. The van der Waals surface area contributed by atoms with Crippen LogP contribution in [-0.2, 0) is 20.7 Å². The van der Waals surface area contributed by atoms with Crippen LogP contribution in [0.5, 0.6) is 0 Å². The second-order valence-electron chi connectivity index (χ2n) is 5.83. The number of benzene rings is 1. The van der Waals surface area contributed by atoms with Gasteiger partial charge in [-0.15, -0.1) is 0 Å². The smallest absolute Gasteiger partial charge is 0.315 e. The van der Waals surface area contributed by atoms with E-state index in [9.17, 15) is 9.59 Å². The van der Waals surface area contributed by atoms with Crippen LogP contribution in [0.4, 0.5) is 5.69 Å². The first-order chi connectivity index (χ1) is 11.5. The standard InChI is InChI=1S/C17H18BrN3O3/c1-10(16(22)20-13-7-5-12(18)6-8-13)24-17(23)14-4-2-3-11-9-19-21-15(11)14/h5-10,14H,2-4H2,1H3,(H,19,21)(H,20,22)/t10-,14-/m1/s1. The zero-order chi connectivity index (χ0) is 17.1. The van der Waals surface area contributed by atoms with E-state index < -0.39 is 12.1 Å². The molecule has 0 aliphatic heterocycles. The molecule has 1 aliphatic carbocycles. The third kappa shape index (κ3) is 3.67. The summed E-state index contributed by atoms with van der Waals surface area (Å²) >= 11 is 3.34. The molecule has 0 spiro atoms. The van der Waals surface area contributed by atoms with Crippen LogP contribution in [0.15, 0.2) is 34.9 Å². The number of fused-ring (bicyclic) bond motifs is 1. The van der Waals surface area contributed by atoms with Gasteiger partial charge in [-0.05, 0) is 56.0 Å². The molecular formula is C17H18BrN3O3. The predicted molar refractivity (Wildman–Crippen MR) is 92.6 cm³/mol. The summed E-state index contributed by atoms with van der Waals surface area (Å²) in [5, 5.41) is 9.61. The molecule has 0 radical (unpaired) electrons. The molecule has 0 saturated heterocycles. The van der Waals surface area contributed by atoms with E-state index in [1.54, 1.807) is 25.3 Å². The third-order valence-corrected chi connectivity index (χ3v) is 4.63. The minimum atomic E-state index is -0.866. The van der Waals surface area contributed by atoms with E-state index >= 15 is 0 Å². The summed E-state index contributed by atoms with van der Waals surface area (Å²) < 4.78 is 6.29. The van der Waals surface area contributed by atoms with Gasteiger partial charge < -0.3 is 10.1 Å². The monoisotopic (exact) mass is 391 g/mol. The Balaban J connectivity index is 1.60. The van der Waals surface area contributed by atoms with Crippen molar-refractivity contribution in [2.24, 2.45) is 0 Å². The molecule has 6 nitrogen and oxygen atoms in total. The highest BCUT2D eigenvalue weighted by Crippen LogP contribution is 2.31. The Labute approximate surface area is 148 Å². The Hall–Kier alpha value is -2.15. The topological polar surface area (TPSA) is 84.1 Å². The van der Waals surface area contributed by atoms with Crippen molar-refractivity contribution in [1.29, 1.82) is 0 Å². The molecule has 0 fully saturated rings. The summed E-state index contributed by atoms with van der Waals surface area (Å²) in [5.74, 6) is -1.12. The normalized spacial score (nSPS) is 17.7. The fourth-order valence-electron chi connectivity index (χ4n) is 2.79. The number of halogens is 1. The van der Waals surface area contributed by atoms with Crippen LogP contribution in [-0.4, -0.2) is 28.2 Å². The minimum Gasteiger partial charge on any atom is -0.452 e. The van der Waals surface area contributed by atoms with E-state index in [4.69, 9.17) is 4.74 Å². The van der Waals surface area contributed by atoms with Crippen LogP contribution >= 0.6 is 15.9 Å². The van der Waals surface area contributed by atoms with Crippen molar-refractivity contribution in [2.75, 3.05) is 5.32 Å². The molecule has 1 amide bonds. The number of H-pyrrole nitrogens is 1. The lowest BCUT2D eigenvalue weighted by Gasteiger charge is -2.22. The zero-order valence-electron chi connectivity index (χ0n) is 13.2. The molecule has 1 aromatic heterocycles. The average molecular weight is 392 g/mol. The van der Waals surface area contributed by atoms with Crippen molar-refractivity contribution in [2.45, 2.75) is 38.2 Å². The fraction of sp³-hybridized carbons (Fsp3) is 0.353. The molecule has 1 heterocycles. The Morgan fingerprint density at radius 2 is 2.12 bits per heavy atom. The average Bonchev–Trinajstić information content (AvgIpc) is 3.05. The number of amides is 1. The van der Waals surface area contributed by atoms with Gasteiger partial charge in [0.25, 0.3) is 5.91 Å². The van der Waals surface area contributed by atoms with Crippen molar-refractivity contribution in [3.8, 4) is 0 Å². The number of rotatable bonds is 4. The van der Waals surface area contributed by atoms with Crippen molar-refractivity contribution < 1.29 is 14.3 Å². The van der Waals surface area contributed by atoms with E-state index in [0.29, 0.717) is 12.1 Å². The number of aromatic nitrogens is 2. The largest absolute Gasteiger partial charge is 0.452 e. The van der Waals surface area contributed by atoms with Crippen LogP contribution in [0.3, 0.4) is 0 Å². The first-order valence-electron chi connectivity index (χ1n) is 7.83. The molecule has 0 saturated carbocycles. The van der Waals surface area contributed by atoms with Crippen LogP contribution in [0.1, 0.15) is 36.9 Å². The van der Waals surface area contributed by atoms with E-state index in [-0.39, 0.29) is 11.8 Å². The molecule has 126 valence electrons. The predicted octanol–water partition coefficient (Wildman–Crippen LogP) is 3.16. The maximum absolute atomic E-state index is 12.4. The van der Waals surface area contributed by atoms with E-state index in [2.05, 4.69) is 31.4 Å². The zero-order valence-corrected chi connectivity index (χ0v) is 14.8. The Morgan fingerprint density at radius 3 is 2.88 bits per heavy atom. The second kappa shape index (κ2) is 7.17. The van der Waals surface area contributed by atoms with Gasteiger partial charge in [0.2, 0.25) is 0 Å². The highest BCUT2D eigenvalue weighted by molar-refractivity contribution is 9.10. The molecule has 7 heteroatoms. The highest BCUT2D eigenvalue weighted by atomic mass is 79.9. The number of carbonyl (C=O) groups excluding carboxylic acids is 2. The SMILES string of the molecule is C[C@@H](OC(=O)[C@@H]1CCCc2cn[nH]c21)C(=O)Nc1ccc(Br)cc1. The van der Waals surface area contributed by atoms with Crippen LogP contribution in [0.25, 0.3) is 0 Å². The second-order valence-corrected chi connectivity index (χ2v) is 6.74. The Bertz CT molecular complexity index is 742. The number of hydrogen-bond donors (Lipinski definition) is 2. The molecule has 2 aromatic rings. The molecule has 1 aromatic carbocycles. The van der Waals surface area contributed by atoms with Gasteiger partial charge in [0.15, 0.2) is 6.10 Å². The molecular weight excluding hydrogens is 374 g/mol. The summed E-state index contributed by atoms with van der Waals surface area (Å²) in [6.45, 7) is 1.57. The summed E-state index contributed by atoms with van der Waals surface area (Å²) in [6, 6.07) is 7.20. The number of anilines is 1. The van der Waals surface area contributed by atoms with Gasteiger partial charge in [-0.1, -0.05) is 15.9 Å². The molecule has 2 atom stereocenters. The van der Waals surface area contributed by atoms with Crippen molar-refractivity contribution in [3.63, 3.8) is 0 Å². The molecule has 0 bridgehead atoms. The maximum Gasteiger partial charge on any atom is 0.315 e. The lowest BCUT2D eigenvalue weighted by Crippen LogP contribution is -2.32. The molecule has 24 heavy (non-hydrogen) atoms. The summed E-state index contributed by atoms with van der Waals surface area (Å²) in [6.07, 6.45) is 3.41. The van der Waals surface area contributed by atoms with E-state index in [1.165, 1.54) is 0 Å². The Morgan fingerprint density at radius 1 is 1.38 bits per heavy atom. The summed E-state index contributed by atoms with van der Waals surface area (Å²) in [4.78, 5) is 24.6. The molecule has 0 unspecified atom stereocenters. The maximum atomic E-state index is 12.4. The number of esters is 1. The van der Waals surface area contributed by atoms with Gasteiger partial charge in [0, 0.05) is 10.2 Å². The van der Waals surface area contributed by atoms with Gasteiger partial charge >= 0.3 is 5.97 Å². The van der Waals surface area contributed by atoms with Crippen LogP contribution < -0.4 is 5.32 Å². The summed E-state index contributed by atoms with van der Waals surface area (Å²) in [7, 11) is 0. The number of nitrogens with one attached hydrogen (secondary N) is 2. The van der Waals surface area contributed by atoms with Crippen molar-refractivity contribution in [3.05, 3.63) is 46.2 Å². The van der Waals surface area contributed by atoms with Crippen LogP contribution in [0.2, 0.25) is 0 Å². The number of nitrogens with zero attached hydrogens (tertiary/aromatic N) is 1. The van der Waals surface area contributed by atoms with Gasteiger partial charge in [0.1, 0.15) is 0 Å². The first kappa shape index (κ1) is 16.7. The lowest BCUT2D eigenvalue weighted by atomic mass is 9.88. The van der Waals surface area contributed by atoms with Crippen molar-refractivity contribution >= 4 is 33.5 Å². The third-order valence-electron chi connectivity index (χ3n) is 4.10. The number of ether oxygens (including phenoxy) is 1.